The lowest BCUT2D eigenvalue weighted by Gasteiger charge is -2.78. The highest BCUT2D eigenvalue weighted by Gasteiger charge is 2.64. The summed E-state index contributed by atoms with van der Waals surface area (Å²) >= 11 is 0. The van der Waals surface area contributed by atoms with Gasteiger partial charge >= 0.3 is 0 Å². The lowest BCUT2D eigenvalue weighted by atomic mass is 9.15. The van der Waals surface area contributed by atoms with Gasteiger partial charge in [-0.25, -0.2) is 0 Å². The monoisotopic (exact) mass is 285 g/mol. The molecule has 6 saturated heterocycles. The number of hydrogen-bond acceptors (Lipinski definition) is 0. The first kappa shape index (κ1) is 12.4. The first-order chi connectivity index (χ1) is 10.2. The van der Waals surface area contributed by atoms with E-state index in [-0.39, 0.29) is 6.28 Å². The molecule has 3 atom stereocenters. The van der Waals surface area contributed by atoms with Gasteiger partial charge in [-0.2, -0.15) is 0 Å². The first-order valence-corrected chi connectivity index (χ1v) is 10.2. The van der Waals surface area contributed by atoms with Crippen LogP contribution in [0.3, 0.4) is 0 Å². The van der Waals surface area contributed by atoms with E-state index in [9.17, 15) is 0 Å². The Morgan fingerprint density at radius 1 is 0.667 bits per heavy atom. The van der Waals surface area contributed by atoms with E-state index in [1.54, 1.807) is 75.0 Å². The number of hydrogen-bond donors (Lipinski definition) is 0. The molecule has 6 aliphatic heterocycles. The van der Waals surface area contributed by atoms with Gasteiger partial charge in [0.1, 0.15) is 0 Å². The molecule has 0 spiro atoms. The smallest absolute Gasteiger partial charge is 0.210 e. The molecule has 116 valence electrons. The molecular formula is C19H32BN. The van der Waals surface area contributed by atoms with Crippen LogP contribution in [0.1, 0.15) is 45.4 Å². The summed E-state index contributed by atoms with van der Waals surface area (Å²) in [6.07, 6.45) is 14.8. The molecule has 8 fully saturated rings. The molecular weight excluding hydrogens is 253 g/mol. The largest absolute Gasteiger partial charge is 0.512 e. The summed E-state index contributed by atoms with van der Waals surface area (Å²) < 4.78 is 1.70. The molecule has 8 bridgehead atoms. The molecule has 0 aromatic heterocycles. The Morgan fingerprint density at radius 2 is 1.14 bits per heavy atom. The zero-order chi connectivity index (χ0) is 13.8. The van der Waals surface area contributed by atoms with Crippen LogP contribution in [-0.2, 0) is 0 Å². The number of nitrogens with zero attached hydrogens (tertiary/aromatic N) is 1. The van der Waals surface area contributed by atoms with Crippen LogP contribution in [0.5, 0.6) is 0 Å². The van der Waals surface area contributed by atoms with Crippen molar-refractivity contribution in [3.05, 3.63) is 0 Å². The minimum atomic E-state index is -0.0380. The molecule has 0 aromatic carbocycles. The molecule has 8 aliphatic rings. The van der Waals surface area contributed by atoms with E-state index in [1.165, 1.54) is 0 Å². The molecule has 3 unspecified atom stereocenters. The van der Waals surface area contributed by atoms with E-state index < -0.39 is 0 Å². The lowest BCUT2D eigenvalue weighted by molar-refractivity contribution is -0.892. The normalized spacial score (nSPS) is 67.0. The van der Waals surface area contributed by atoms with Crippen molar-refractivity contribution in [2.24, 2.45) is 35.5 Å². The van der Waals surface area contributed by atoms with Crippen LogP contribution in [0.15, 0.2) is 0 Å². The summed E-state index contributed by atoms with van der Waals surface area (Å²) in [7, 11) is 0. The van der Waals surface area contributed by atoms with E-state index >= 15 is 0 Å². The van der Waals surface area contributed by atoms with Crippen molar-refractivity contribution in [1.29, 1.82) is 0 Å². The van der Waals surface area contributed by atoms with Gasteiger partial charge in [-0.1, -0.05) is 37.0 Å². The zero-order valence-electron chi connectivity index (χ0n) is 13.8. The van der Waals surface area contributed by atoms with Crippen molar-refractivity contribution in [2.45, 2.75) is 70.5 Å². The fourth-order valence-electron chi connectivity index (χ4n) is 10.1. The molecule has 21 heavy (non-hydrogen) atoms. The molecule has 2 aliphatic carbocycles. The van der Waals surface area contributed by atoms with E-state index in [2.05, 4.69) is 6.92 Å². The summed E-state index contributed by atoms with van der Waals surface area (Å²) in [4.78, 5) is 0. The minimum Gasteiger partial charge on any atom is -0.512 e. The number of quaternary nitrogens is 1. The maximum absolute atomic E-state index is 2.70. The molecule has 0 aromatic rings. The second-order valence-corrected chi connectivity index (χ2v) is 10.8. The predicted molar refractivity (Wildman–Crippen MR) is 88.3 cm³/mol. The van der Waals surface area contributed by atoms with E-state index in [1.807, 2.05) is 0 Å². The summed E-state index contributed by atoms with van der Waals surface area (Å²) in [5.41, 5.74) is 0. The Balaban J connectivity index is 1.47. The van der Waals surface area contributed by atoms with Gasteiger partial charge in [0.2, 0.25) is 6.28 Å². The van der Waals surface area contributed by atoms with Gasteiger partial charge in [0.25, 0.3) is 0 Å². The zero-order valence-corrected chi connectivity index (χ0v) is 13.8. The second kappa shape index (κ2) is 3.74. The molecule has 0 N–H and O–H groups in total. The standard InChI is InChI=1S/C19H32BN/c1-13-19-6-17-5-18(7-19)12-21(13,11-17)20-8-14-2-15(9-20)4-16(3-14)10-20/h13-19H,2-12H2,1H3. The summed E-state index contributed by atoms with van der Waals surface area (Å²) in [6, 6.07) is 1.04. The topological polar surface area (TPSA) is 0 Å². The highest BCUT2D eigenvalue weighted by Crippen LogP contribution is 2.63. The highest BCUT2D eigenvalue weighted by molar-refractivity contribution is 6.74. The Hall–Kier alpha value is 0.0249. The summed E-state index contributed by atoms with van der Waals surface area (Å²) in [6.45, 7) is 5.95. The van der Waals surface area contributed by atoms with Crippen molar-refractivity contribution in [2.75, 3.05) is 13.1 Å². The van der Waals surface area contributed by atoms with Gasteiger partial charge in [-0.05, 0) is 26.2 Å². The Labute approximate surface area is 130 Å². The quantitative estimate of drug-likeness (QED) is 0.632. The Bertz CT molecular complexity index is 437. The molecule has 0 amide bonds. The number of rotatable bonds is 1. The highest BCUT2D eigenvalue weighted by atomic mass is 15.4. The van der Waals surface area contributed by atoms with Crippen LogP contribution in [-0.4, -0.2) is 29.8 Å². The Morgan fingerprint density at radius 3 is 1.67 bits per heavy atom. The van der Waals surface area contributed by atoms with Crippen LogP contribution in [0.4, 0.5) is 0 Å². The van der Waals surface area contributed by atoms with E-state index in [0.717, 1.165) is 41.5 Å². The van der Waals surface area contributed by atoms with Gasteiger partial charge in [0.05, 0.1) is 0 Å². The van der Waals surface area contributed by atoms with Crippen molar-refractivity contribution < 1.29 is 4.39 Å². The SMILES string of the molecule is CC1C2CC3CC(C2)C[N+]1([B-]12CC4CC(CC(C4)C1)C2)C3. The van der Waals surface area contributed by atoms with E-state index in [4.69, 9.17) is 0 Å². The predicted octanol–water partition coefficient (Wildman–Crippen LogP) is 4.26. The van der Waals surface area contributed by atoms with Gasteiger partial charge < -0.3 is 4.39 Å². The van der Waals surface area contributed by atoms with Gasteiger partial charge in [0, 0.05) is 36.9 Å². The van der Waals surface area contributed by atoms with Crippen LogP contribution in [0, 0.1) is 35.5 Å². The first-order valence-electron chi connectivity index (χ1n) is 10.2. The lowest BCUT2D eigenvalue weighted by Crippen LogP contribution is -2.83. The van der Waals surface area contributed by atoms with Crippen molar-refractivity contribution in [1.82, 2.24) is 0 Å². The van der Waals surface area contributed by atoms with Crippen molar-refractivity contribution in [3.63, 3.8) is 0 Å². The second-order valence-electron chi connectivity index (χ2n) is 10.8. The molecule has 2 saturated carbocycles. The van der Waals surface area contributed by atoms with Crippen LogP contribution >= 0.6 is 0 Å². The molecule has 8 rings (SSSR count). The average Bonchev–Trinajstić information content (AvgIpc) is 2.42. The third kappa shape index (κ3) is 1.41. The van der Waals surface area contributed by atoms with Gasteiger partial charge in [-0.3, -0.25) is 0 Å². The number of piperidine rings is 3. The maximum Gasteiger partial charge on any atom is 0.210 e. The van der Waals surface area contributed by atoms with Crippen molar-refractivity contribution in [3.8, 4) is 0 Å². The van der Waals surface area contributed by atoms with Crippen LogP contribution in [0.2, 0.25) is 19.0 Å². The molecule has 6 heterocycles. The van der Waals surface area contributed by atoms with Crippen molar-refractivity contribution >= 4 is 6.28 Å². The average molecular weight is 285 g/mol. The van der Waals surface area contributed by atoms with Gasteiger partial charge in [-0.15, -0.1) is 19.0 Å². The summed E-state index contributed by atoms with van der Waals surface area (Å²) in [5, 5.41) is 0. The fourth-order valence-corrected chi connectivity index (χ4v) is 10.1. The minimum absolute atomic E-state index is 0.0380. The third-order valence-electron chi connectivity index (χ3n) is 10.0. The summed E-state index contributed by atoms with van der Waals surface area (Å²) in [5.74, 6) is 6.87. The fraction of sp³-hybridized carbons (Fsp3) is 1.00. The Kier molecular flexibility index (Phi) is 2.22. The third-order valence-corrected chi connectivity index (χ3v) is 10.0. The molecule has 0 radical (unpaired) electrons. The molecule has 2 heteroatoms. The maximum atomic E-state index is 2.70. The molecule has 1 nitrogen and oxygen atoms in total. The van der Waals surface area contributed by atoms with E-state index in [0.29, 0.717) is 0 Å². The van der Waals surface area contributed by atoms with Gasteiger partial charge in [0.15, 0.2) is 0 Å². The van der Waals surface area contributed by atoms with Crippen LogP contribution in [0.25, 0.3) is 0 Å². The van der Waals surface area contributed by atoms with Crippen LogP contribution < -0.4 is 0 Å².